The second-order valence-electron chi connectivity index (χ2n) is 9.52. The van der Waals surface area contributed by atoms with Crippen LogP contribution in [0.2, 0.25) is 0 Å². The van der Waals surface area contributed by atoms with Gasteiger partial charge in [0.15, 0.2) is 11.7 Å². The van der Waals surface area contributed by atoms with Crippen molar-refractivity contribution in [3.05, 3.63) is 53.1 Å². The lowest BCUT2D eigenvalue weighted by atomic mass is 10.1. The Balaban J connectivity index is 1.33. The monoisotopic (exact) mass is 526 g/mol. The number of fused-ring (bicyclic) bond motifs is 1. The number of rotatable bonds is 5. The molecule has 0 aromatic carbocycles. The van der Waals surface area contributed by atoms with E-state index in [2.05, 4.69) is 32.9 Å². The maximum Gasteiger partial charge on any atom is 0.252 e. The minimum absolute atomic E-state index is 0.0318. The molecule has 36 heavy (non-hydrogen) atoms. The SMILES string of the molecule is Cc1cc(NC2=NC(C3=CCCNC3)=CN3C2=NCC3c2cnn(C)c2)sc1S(=O)(=O)N1CCCC1. The summed E-state index contributed by atoms with van der Waals surface area (Å²) in [5, 5.41) is 12.0. The van der Waals surface area contributed by atoms with Crippen LogP contribution in [0.25, 0.3) is 0 Å². The summed E-state index contributed by atoms with van der Waals surface area (Å²) >= 11 is 1.26. The van der Waals surface area contributed by atoms with Crippen molar-refractivity contribution in [3.63, 3.8) is 0 Å². The normalized spacial score (nSPS) is 22.7. The summed E-state index contributed by atoms with van der Waals surface area (Å²) in [6.07, 6.45) is 11.0. The Kier molecular flexibility index (Phi) is 6.06. The Hall–Kier alpha value is -2.80. The van der Waals surface area contributed by atoms with Gasteiger partial charge in [0, 0.05) is 44.6 Å². The summed E-state index contributed by atoms with van der Waals surface area (Å²) in [7, 11) is -1.57. The minimum atomic E-state index is -3.48. The number of anilines is 1. The number of nitrogens with zero attached hydrogens (tertiary/aromatic N) is 6. The lowest BCUT2D eigenvalue weighted by Gasteiger charge is -2.29. The van der Waals surface area contributed by atoms with Crippen LogP contribution in [0.1, 0.15) is 36.4 Å². The molecule has 2 aromatic rings. The maximum atomic E-state index is 13.2. The molecule has 0 amide bonds. The van der Waals surface area contributed by atoms with Crippen molar-refractivity contribution < 1.29 is 8.42 Å². The number of aromatic nitrogens is 2. The molecule has 4 aliphatic heterocycles. The first-order chi connectivity index (χ1) is 17.4. The summed E-state index contributed by atoms with van der Waals surface area (Å²) in [6, 6.07) is 1.93. The van der Waals surface area contributed by atoms with E-state index in [4.69, 9.17) is 9.98 Å². The van der Waals surface area contributed by atoms with Crippen LogP contribution in [0.3, 0.4) is 0 Å². The molecule has 0 aliphatic carbocycles. The highest BCUT2D eigenvalue weighted by molar-refractivity contribution is 7.91. The quantitative estimate of drug-likeness (QED) is 0.620. The van der Waals surface area contributed by atoms with Gasteiger partial charge in [-0.15, -0.1) is 11.3 Å². The Morgan fingerprint density at radius 1 is 1.25 bits per heavy atom. The van der Waals surface area contributed by atoms with Gasteiger partial charge in [-0.2, -0.15) is 9.40 Å². The molecule has 2 N–H and O–H groups in total. The molecule has 1 saturated heterocycles. The average molecular weight is 527 g/mol. The van der Waals surface area contributed by atoms with Crippen molar-refractivity contribution in [1.29, 1.82) is 0 Å². The number of aryl methyl sites for hydroxylation is 2. The molecule has 190 valence electrons. The van der Waals surface area contributed by atoms with Crippen molar-refractivity contribution in [3.8, 4) is 0 Å². The topological polar surface area (TPSA) is 107 Å². The van der Waals surface area contributed by atoms with Gasteiger partial charge in [-0.1, -0.05) is 6.08 Å². The van der Waals surface area contributed by atoms with Crippen LogP contribution < -0.4 is 10.6 Å². The van der Waals surface area contributed by atoms with E-state index >= 15 is 0 Å². The second kappa shape index (κ2) is 9.25. The van der Waals surface area contributed by atoms with Crippen LogP contribution in [-0.4, -0.2) is 71.8 Å². The van der Waals surface area contributed by atoms with Crippen LogP contribution in [0.4, 0.5) is 5.00 Å². The van der Waals surface area contributed by atoms with Gasteiger partial charge in [0.25, 0.3) is 10.0 Å². The van der Waals surface area contributed by atoms with Crippen molar-refractivity contribution >= 4 is 38.0 Å². The van der Waals surface area contributed by atoms with E-state index in [0.717, 1.165) is 65.6 Å². The smallest absolute Gasteiger partial charge is 0.252 e. The summed E-state index contributed by atoms with van der Waals surface area (Å²) in [5.74, 6) is 1.39. The molecule has 1 unspecified atom stereocenters. The van der Waals surface area contributed by atoms with E-state index in [0.29, 0.717) is 29.7 Å². The zero-order valence-corrected chi connectivity index (χ0v) is 22.1. The van der Waals surface area contributed by atoms with Gasteiger partial charge in [0.05, 0.1) is 29.5 Å². The fourth-order valence-corrected chi connectivity index (χ4v) is 8.32. The molecule has 1 fully saturated rings. The number of hydrogen-bond acceptors (Lipinski definition) is 9. The molecule has 4 aliphatic rings. The largest absolute Gasteiger partial charge is 0.329 e. The molecular weight excluding hydrogens is 496 g/mol. The number of amidine groups is 2. The molecule has 12 heteroatoms. The average Bonchev–Trinajstić information content (AvgIpc) is 3.67. The minimum Gasteiger partial charge on any atom is -0.329 e. The van der Waals surface area contributed by atoms with Crippen LogP contribution in [-0.2, 0) is 17.1 Å². The van der Waals surface area contributed by atoms with Gasteiger partial charge in [-0.05, 0) is 49.9 Å². The molecule has 10 nitrogen and oxygen atoms in total. The standard InChI is InChI=1S/C24H30N8O2S2/c1-16-10-21(35-24(16)36(33,34)31-8-3-4-9-31)29-22-23-26-13-20(18-12-27-30(2)14-18)32(23)15-19(28-22)17-6-5-7-25-11-17/h6,10,12,14-15,20,25H,3-5,7-9,11,13H2,1-2H3,(H,28,29). The maximum absolute atomic E-state index is 13.2. The van der Waals surface area contributed by atoms with Crippen LogP contribution in [0.5, 0.6) is 0 Å². The highest BCUT2D eigenvalue weighted by atomic mass is 32.2. The number of thiophene rings is 1. The zero-order valence-electron chi connectivity index (χ0n) is 20.4. The summed E-state index contributed by atoms with van der Waals surface area (Å²) < 4.78 is 30.2. The van der Waals surface area contributed by atoms with E-state index in [1.54, 1.807) is 8.99 Å². The molecule has 0 saturated carbocycles. The first-order valence-electron chi connectivity index (χ1n) is 12.3. The first-order valence-corrected chi connectivity index (χ1v) is 14.6. The molecular formula is C24H30N8O2S2. The number of nitrogens with one attached hydrogen (secondary N) is 2. The third-order valence-corrected chi connectivity index (χ3v) is 10.6. The summed E-state index contributed by atoms with van der Waals surface area (Å²) in [6.45, 7) is 5.36. The Morgan fingerprint density at radius 3 is 2.81 bits per heavy atom. The van der Waals surface area contributed by atoms with Gasteiger partial charge >= 0.3 is 0 Å². The lowest BCUT2D eigenvalue weighted by molar-refractivity contribution is 0.455. The van der Waals surface area contributed by atoms with Crippen molar-refractivity contribution in [1.82, 2.24) is 24.3 Å². The number of hydrogen-bond donors (Lipinski definition) is 2. The molecule has 0 spiro atoms. The molecule has 6 heterocycles. The van der Waals surface area contributed by atoms with E-state index in [9.17, 15) is 8.42 Å². The second-order valence-corrected chi connectivity index (χ2v) is 12.7. The fourth-order valence-electron chi connectivity index (χ4n) is 5.07. The number of sulfonamides is 1. The summed E-state index contributed by atoms with van der Waals surface area (Å²) in [5.41, 5.74) is 3.88. The third kappa shape index (κ3) is 4.21. The highest BCUT2D eigenvalue weighted by Gasteiger charge is 2.36. The molecule has 2 aromatic heterocycles. The fraction of sp³-hybridized carbons (Fsp3) is 0.458. The van der Waals surface area contributed by atoms with Gasteiger partial charge in [0.2, 0.25) is 0 Å². The third-order valence-electron chi connectivity index (χ3n) is 6.92. The Bertz CT molecular complexity index is 1410. The molecule has 6 rings (SSSR count). The zero-order chi connectivity index (χ0) is 24.9. The van der Waals surface area contributed by atoms with E-state index < -0.39 is 10.0 Å². The predicted molar refractivity (Wildman–Crippen MR) is 142 cm³/mol. The van der Waals surface area contributed by atoms with Gasteiger partial charge in [-0.3, -0.25) is 9.67 Å². The van der Waals surface area contributed by atoms with Gasteiger partial charge in [-0.25, -0.2) is 13.4 Å². The Morgan fingerprint density at radius 2 is 2.08 bits per heavy atom. The molecule has 0 bridgehead atoms. The van der Waals surface area contributed by atoms with Crippen LogP contribution in [0.15, 0.2) is 56.2 Å². The molecule has 0 radical (unpaired) electrons. The predicted octanol–water partition coefficient (Wildman–Crippen LogP) is 2.62. The number of aliphatic imine (C=N–C) groups is 2. The Labute approximate surface area is 215 Å². The van der Waals surface area contributed by atoms with Crippen molar-refractivity contribution in [2.24, 2.45) is 17.0 Å². The van der Waals surface area contributed by atoms with E-state index in [1.165, 1.54) is 11.3 Å². The van der Waals surface area contributed by atoms with Crippen LogP contribution in [0, 0.1) is 6.92 Å². The van der Waals surface area contributed by atoms with Gasteiger partial charge < -0.3 is 15.5 Å². The van der Waals surface area contributed by atoms with E-state index in [-0.39, 0.29) is 6.04 Å². The van der Waals surface area contributed by atoms with Crippen molar-refractivity contribution in [2.45, 2.75) is 36.4 Å². The summed E-state index contributed by atoms with van der Waals surface area (Å²) in [4.78, 5) is 12.0. The van der Waals surface area contributed by atoms with Gasteiger partial charge in [0.1, 0.15) is 4.21 Å². The van der Waals surface area contributed by atoms with Crippen molar-refractivity contribution in [2.75, 3.05) is 38.0 Å². The highest BCUT2D eigenvalue weighted by Crippen LogP contribution is 2.36. The first kappa shape index (κ1) is 23.6. The lowest BCUT2D eigenvalue weighted by Crippen LogP contribution is -2.38. The van der Waals surface area contributed by atoms with E-state index in [1.807, 2.05) is 32.4 Å². The molecule has 1 atom stereocenters. The van der Waals surface area contributed by atoms with Crippen LogP contribution >= 0.6 is 11.3 Å².